The van der Waals surface area contributed by atoms with Crippen LogP contribution in [0.2, 0.25) is 0 Å². The zero-order chi connectivity index (χ0) is 15.3. The lowest BCUT2D eigenvalue weighted by Gasteiger charge is -2.07. The molecule has 0 radical (unpaired) electrons. The predicted molar refractivity (Wildman–Crippen MR) is 81.6 cm³/mol. The number of halogens is 1. The van der Waals surface area contributed by atoms with Crippen LogP contribution in [-0.4, -0.2) is 15.0 Å². The van der Waals surface area contributed by atoms with Crippen LogP contribution in [0.3, 0.4) is 0 Å². The summed E-state index contributed by atoms with van der Waals surface area (Å²) in [7, 11) is -3.41. The summed E-state index contributed by atoms with van der Waals surface area (Å²) >= 11 is 0. The number of hydrogen-bond acceptors (Lipinski definition) is 3. The molecule has 112 valence electrons. The van der Waals surface area contributed by atoms with Crippen molar-refractivity contribution in [3.8, 4) is 0 Å². The Hall–Kier alpha value is -1.92. The lowest BCUT2D eigenvalue weighted by molar-refractivity contribution is 0.580. The van der Waals surface area contributed by atoms with Gasteiger partial charge in [-0.15, -0.1) is 0 Å². The van der Waals surface area contributed by atoms with Gasteiger partial charge in [0.2, 0.25) is 10.0 Å². The van der Waals surface area contributed by atoms with Crippen LogP contribution in [0.1, 0.15) is 11.1 Å². The van der Waals surface area contributed by atoms with Crippen LogP contribution in [0.5, 0.6) is 0 Å². The molecular formula is C15H17FN2O2S. The number of anilines is 1. The van der Waals surface area contributed by atoms with Gasteiger partial charge in [0.1, 0.15) is 5.82 Å². The average Bonchev–Trinajstić information content (AvgIpc) is 2.40. The number of nitrogens with two attached hydrogens (primary N) is 1. The van der Waals surface area contributed by atoms with Crippen molar-refractivity contribution in [3.63, 3.8) is 0 Å². The highest BCUT2D eigenvalue weighted by Crippen LogP contribution is 2.10. The summed E-state index contributed by atoms with van der Waals surface area (Å²) in [6, 6.07) is 12.8. The molecule has 2 aromatic rings. The third-order valence-electron chi connectivity index (χ3n) is 2.96. The Morgan fingerprint density at radius 1 is 1.05 bits per heavy atom. The van der Waals surface area contributed by atoms with Crippen LogP contribution in [0.4, 0.5) is 10.1 Å². The van der Waals surface area contributed by atoms with E-state index in [0.29, 0.717) is 17.7 Å². The first-order valence-corrected chi connectivity index (χ1v) is 8.16. The quantitative estimate of drug-likeness (QED) is 0.802. The van der Waals surface area contributed by atoms with E-state index >= 15 is 0 Å². The van der Waals surface area contributed by atoms with E-state index in [0.717, 1.165) is 5.56 Å². The van der Waals surface area contributed by atoms with Crippen molar-refractivity contribution in [1.29, 1.82) is 0 Å². The second kappa shape index (κ2) is 6.69. The van der Waals surface area contributed by atoms with Crippen molar-refractivity contribution in [2.24, 2.45) is 0 Å². The van der Waals surface area contributed by atoms with Gasteiger partial charge in [-0.1, -0.05) is 24.3 Å². The minimum absolute atomic E-state index is 0.110. The van der Waals surface area contributed by atoms with Gasteiger partial charge in [0.25, 0.3) is 0 Å². The van der Waals surface area contributed by atoms with E-state index in [1.54, 1.807) is 36.4 Å². The molecule has 0 spiro atoms. The SMILES string of the molecule is Nc1cccc(CS(=O)(=O)NCCc2ccc(F)cc2)c1. The molecule has 2 aromatic carbocycles. The highest BCUT2D eigenvalue weighted by Gasteiger charge is 2.11. The number of rotatable bonds is 6. The molecule has 0 aliphatic heterocycles. The van der Waals surface area contributed by atoms with E-state index < -0.39 is 10.0 Å². The predicted octanol–water partition coefficient (Wildman–Crippen LogP) is 2.07. The van der Waals surface area contributed by atoms with Gasteiger partial charge < -0.3 is 5.73 Å². The van der Waals surface area contributed by atoms with Crippen LogP contribution in [0.15, 0.2) is 48.5 Å². The van der Waals surface area contributed by atoms with Crippen LogP contribution >= 0.6 is 0 Å². The van der Waals surface area contributed by atoms with Gasteiger partial charge in [0.05, 0.1) is 5.75 Å². The minimum atomic E-state index is -3.41. The normalized spacial score (nSPS) is 11.5. The van der Waals surface area contributed by atoms with Gasteiger partial charge in [-0.3, -0.25) is 0 Å². The highest BCUT2D eigenvalue weighted by atomic mass is 32.2. The van der Waals surface area contributed by atoms with Gasteiger partial charge in [-0.05, 0) is 41.8 Å². The minimum Gasteiger partial charge on any atom is -0.399 e. The van der Waals surface area contributed by atoms with Gasteiger partial charge in [-0.25, -0.2) is 17.5 Å². The summed E-state index contributed by atoms with van der Waals surface area (Å²) in [5, 5.41) is 0. The third kappa shape index (κ3) is 5.17. The molecule has 0 aliphatic carbocycles. The first-order valence-electron chi connectivity index (χ1n) is 6.51. The number of hydrogen-bond donors (Lipinski definition) is 2. The molecule has 2 rings (SSSR count). The van der Waals surface area contributed by atoms with Crippen molar-refractivity contribution in [2.75, 3.05) is 12.3 Å². The Morgan fingerprint density at radius 2 is 1.76 bits per heavy atom. The molecule has 0 unspecified atom stereocenters. The second-order valence-electron chi connectivity index (χ2n) is 4.77. The molecule has 0 fully saturated rings. The van der Waals surface area contributed by atoms with E-state index in [9.17, 15) is 12.8 Å². The molecule has 21 heavy (non-hydrogen) atoms. The lowest BCUT2D eigenvalue weighted by Crippen LogP contribution is -2.27. The van der Waals surface area contributed by atoms with Crippen molar-refractivity contribution in [1.82, 2.24) is 4.72 Å². The average molecular weight is 308 g/mol. The maximum atomic E-state index is 12.8. The maximum absolute atomic E-state index is 12.8. The van der Waals surface area contributed by atoms with Gasteiger partial charge >= 0.3 is 0 Å². The molecule has 0 saturated heterocycles. The van der Waals surface area contributed by atoms with Crippen LogP contribution in [-0.2, 0) is 22.2 Å². The lowest BCUT2D eigenvalue weighted by atomic mass is 10.1. The number of benzene rings is 2. The Bertz CT molecular complexity index is 700. The summed E-state index contributed by atoms with van der Waals surface area (Å²) < 4.78 is 39.2. The molecule has 0 aliphatic rings. The summed E-state index contributed by atoms with van der Waals surface area (Å²) in [6.45, 7) is 0.274. The van der Waals surface area contributed by atoms with Gasteiger partial charge in [-0.2, -0.15) is 0 Å². The topological polar surface area (TPSA) is 72.2 Å². The van der Waals surface area contributed by atoms with Crippen LogP contribution in [0.25, 0.3) is 0 Å². The largest absolute Gasteiger partial charge is 0.399 e. The fraction of sp³-hybridized carbons (Fsp3) is 0.200. The van der Waals surface area contributed by atoms with Gasteiger partial charge in [0.15, 0.2) is 0 Å². The Labute approximate surface area is 123 Å². The highest BCUT2D eigenvalue weighted by molar-refractivity contribution is 7.88. The number of nitrogens with one attached hydrogen (secondary N) is 1. The van der Waals surface area contributed by atoms with E-state index in [4.69, 9.17) is 5.73 Å². The molecule has 0 heterocycles. The van der Waals surface area contributed by atoms with E-state index in [1.807, 2.05) is 0 Å². The summed E-state index contributed by atoms with van der Waals surface area (Å²) in [6.07, 6.45) is 0.510. The molecule has 0 bridgehead atoms. The molecular weight excluding hydrogens is 291 g/mol. The first-order chi connectivity index (χ1) is 9.94. The Morgan fingerprint density at radius 3 is 2.43 bits per heavy atom. The van der Waals surface area contributed by atoms with Crippen molar-refractivity contribution < 1.29 is 12.8 Å². The standard InChI is InChI=1S/C15H17FN2O2S/c16-14-6-4-12(5-7-14)8-9-18-21(19,20)11-13-2-1-3-15(17)10-13/h1-7,10,18H,8-9,11,17H2. The fourth-order valence-electron chi connectivity index (χ4n) is 1.96. The monoisotopic (exact) mass is 308 g/mol. The Balaban J connectivity index is 1.88. The maximum Gasteiger partial charge on any atom is 0.215 e. The summed E-state index contributed by atoms with van der Waals surface area (Å²) in [5.74, 6) is -0.414. The molecule has 0 atom stereocenters. The van der Waals surface area contributed by atoms with Crippen molar-refractivity contribution >= 4 is 15.7 Å². The van der Waals surface area contributed by atoms with E-state index in [-0.39, 0.29) is 18.1 Å². The number of sulfonamides is 1. The molecule has 3 N–H and O–H groups in total. The Kier molecular flexibility index (Phi) is 4.93. The zero-order valence-corrected chi connectivity index (χ0v) is 12.2. The second-order valence-corrected chi connectivity index (χ2v) is 6.58. The van der Waals surface area contributed by atoms with Crippen molar-refractivity contribution in [3.05, 3.63) is 65.5 Å². The fourth-order valence-corrected chi connectivity index (χ4v) is 3.09. The molecule has 6 heteroatoms. The summed E-state index contributed by atoms with van der Waals surface area (Å²) in [4.78, 5) is 0. The van der Waals surface area contributed by atoms with Crippen LogP contribution < -0.4 is 10.5 Å². The van der Waals surface area contributed by atoms with Gasteiger partial charge in [0, 0.05) is 12.2 Å². The zero-order valence-electron chi connectivity index (χ0n) is 11.4. The summed E-state index contributed by atoms with van der Waals surface area (Å²) in [5.41, 5.74) is 7.68. The molecule has 0 saturated carbocycles. The third-order valence-corrected chi connectivity index (χ3v) is 4.31. The smallest absolute Gasteiger partial charge is 0.215 e. The molecule has 0 aromatic heterocycles. The van der Waals surface area contributed by atoms with Crippen LogP contribution in [0, 0.1) is 5.82 Å². The first kappa shape index (κ1) is 15.5. The van der Waals surface area contributed by atoms with E-state index in [1.165, 1.54) is 12.1 Å². The number of nitrogen functional groups attached to an aromatic ring is 1. The molecule has 0 amide bonds. The van der Waals surface area contributed by atoms with E-state index in [2.05, 4.69) is 4.72 Å². The van der Waals surface area contributed by atoms with Crippen molar-refractivity contribution in [2.45, 2.75) is 12.2 Å². The molecule has 4 nitrogen and oxygen atoms in total.